The van der Waals surface area contributed by atoms with E-state index in [0.717, 1.165) is 19.6 Å². The Kier molecular flexibility index (Phi) is 3.89. The normalized spacial score (nSPS) is 17.6. The van der Waals surface area contributed by atoms with Crippen LogP contribution < -0.4 is 16.0 Å². The molecule has 0 unspecified atom stereocenters. The van der Waals surface area contributed by atoms with Crippen molar-refractivity contribution in [1.29, 1.82) is 0 Å². The molecule has 0 aliphatic carbocycles. The van der Waals surface area contributed by atoms with Gasteiger partial charge in [-0.1, -0.05) is 0 Å². The molecule has 4 nitrogen and oxygen atoms in total. The van der Waals surface area contributed by atoms with Gasteiger partial charge in [0.15, 0.2) is 0 Å². The Morgan fingerprint density at radius 1 is 1.43 bits per heavy atom. The standard InChI is InChI=1S/C10H21N3O/c1-10(2,3)13-9(14)4-5-12-8-6-11-7-8/h8,11-12H,4-7H2,1-3H3,(H,13,14). The van der Waals surface area contributed by atoms with Gasteiger partial charge in [-0.3, -0.25) is 4.79 Å². The Morgan fingerprint density at radius 3 is 2.50 bits per heavy atom. The lowest BCUT2D eigenvalue weighted by atomic mass is 10.1. The molecule has 0 aromatic carbocycles. The summed E-state index contributed by atoms with van der Waals surface area (Å²) in [6.07, 6.45) is 0.563. The summed E-state index contributed by atoms with van der Waals surface area (Å²) in [5.41, 5.74) is -0.116. The van der Waals surface area contributed by atoms with Gasteiger partial charge in [0.25, 0.3) is 0 Å². The van der Waals surface area contributed by atoms with Gasteiger partial charge in [-0.25, -0.2) is 0 Å². The zero-order chi connectivity index (χ0) is 10.6. The minimum Gasteiger partial charge on any atom is -0.351 e. The summed E-state index contributed by atoms with van der Waals surface area (Å²) in [6, 6.07) is 0.567. The third-order valence-electron chi connectivity index (χ3n) is 2.08. The Hall–Kier alpha value is -0.610. The number of rotatable bonds is 4. The summed E-state index contributed by atoms with van der Waals surface area (Å²) in [5.74, 6) is 0.122. The zero-order valence-electron chi connectivity index (χ0n) is 9.31. The molecule has 1 amide bonds. The third-order valence-corrected chi connectivity index (χ3v) is 2.08. The minimum absolute atomic E-state index is 0.116. The van der Waals surface area contributed by atoms with E-state index in [9.17, 15) is 4.79 Å². The average Bonchev–Trinajstić information content (AvgIpc) is 1.90. The first-order valence-electron chi connectivity index (χ1n) is 5.22. The molecule has 1 heterocycles. The van der Waals surface area contributed by atoms with E-state index in [0.29, 0.717) is 12.5 Å². The maximum absolute atomic E-state index is 11.4. The van der Waals surface area contributed by atoms with Crippen molar-refractivity contribution >= 4 is 5.91 Å². The summed E-state index contributed by atoms with van der Waals surface area (Å²) in [6.45, 7) is 8.81. The molecule has 1 aliphatic rings. The van der Waals surface area contributed by atoms with Crippen LogP contribution in [-0.4, -0.2) is 37.1 Å². The highest BCUT2D eigenvalue weighted by atomic mass is 16.1. The van der Waals surface area contributed by atoms with E-state index in [1.807, 2.05) is 20.8 Å². The number of carbonyl (C=O) groups excluding carboxylic acids is 1. The molecule has 14 heavy (non-hydrogen) atoms. The third kappa shape index (κ3) is 4.58. The molecule has 0 saturated carbocycles. The molecular weight excluding hydrogens is 178 g/mol. The average molecular weight is 199 g/mol. The Labute approximate surface area is 85.8 Å². The molecule has 82 valence electrons. The Morgan fingerprint density at radius 2 is 2.07 bits per heavy atom. The molecule has 1 aliphatic heterocycles. The molecule has 0 aromatic heterocycles. The van der Waals surface area contributed by atoms with E-state index in [4.69, 9.17) is 0 Å². The van der Waals surface area contributed by atoms with Gasteiger partial charge < -0.3 is 16.0 Å². The monoisotopic (exact) mass is 199 g/mol. The van der Waals surface area contributed by atoms with Crippen LogP contribution in [0.2, 0.25) is 0 Å². The van der Waals surface area contributed by atoms with Crippen LogP contribution in [-0.2, 0) is 4.79 Å². The van der Waals surface area contributed by atoms with E-state index in [2.05, 4.69) is 16.0 Å². The van der Waals surface area contributed by atoms with E-state index < -0.39 is 0 Å². The second-order valence-electron chi connectivity index (χ2n) is 4.86. The van der Waals surface area contributed by atoms with Gasteiger partial charge in [-0.15, -0.1) is 0 Å². The molecule has 0 spiro atoms. The summed E-state index contributed by atoms with van der Waals surface area (Å²) in [5, 5.41) is 9.42. The van der Waals surface area contributed by atoms with Crippen LogP contribution in [0.25, 0.3) is 0 Å². The van der Waals surface area contributed by atoms with E-state index in [1.54, 1.807) is 0 Å². The number of hydrogen-bond acceptors (Lipinski definition) is 3. The van der Waals surface area contributed by atoms with Crippen LogP contribution >= 0.6 is 0 Å². The number of nitrogens with one attached hydrogen (secondary N) is 3. The van der Waals surface area contributed by atoms with Crippen LogP contribution in [0.15, 0.2) is 0 Å². The number of carbonyl (C=O) groups is 1. The van der Waals surface area contributed by atoms with Crippen LogP contribution in [0.5, 0.6) is 0 Å². The van der Waals surface area contributed by atoms with E-state index in [1.165, 1.54) is 0 Å². The van der Waals surface area contributed by atoms with Gasteiger partial charge in [0, 0.05) is 37.6 Å². The maximum atomic E-state index is 11.4. The predicted molar refractivity (Wildman–Crippen MR) is 57.2 cm³/mol. The van der Waals surface area contributed by atoms with Crippen LogP contribution in [0, 0.1) is 0 Å². The summed E-state index contributed by atoms with van der Waals surface area (Å²) in [7, 11) is 0. The van der Waals surface area contributed by atoms with Gasteiger partial charge >= 0.3 is 0 Å². The lowest BCUT2D eigenvalue weighted by molar-refractivity contribution is -0.122. The molecule has 1 fully saturated rings. The van der Waals surface area contributed by atoms with Gasteiger partial charge in [-0.2, -0.15) is 0 Å². The number of amides is 1. The molecule has 0 aromatic rings. The fraction of sp³-hybridized carbons (Fsp3) is 0.900. The van der Waals surface area contributed by atoms with Crippen molar-refractivity contribution in [2.24, 2.45) is 0 Å². The van der Waals surface area contributed by atoms with Crippen molar-refractivity contribution in [3.63, 3.8) is 0 Å². The summed E-state index contributed by atoms with van der Waals surface area (Å²) >= 11 is 0. The smallest absolute Gasteiger partial charge is 0.221 e. The highest BCUT2D eigenvalue weighted by molar-refractivity contribution is 5.76. The molecule has 0 atom stereocenters. The summed E-state index contributed by atoms with van der Waals surface area (Å²) in [4.78, 5) is 11.4. The van der Waals surface area contributed by atoms with Crippen LogP contribution in [0.4, 0.5) is 0 Å². The van der Waals surface area contributed by atoms with Gasteiger partial charge in [0.2, 0.25) is 5.91 Å². The largest absolute Gasteiger partial charge is 0.351 e. The highest BCUT2D eigenvalue weighted by Crippen LogP contribution is 1.99. The molecular formula is C10H21N3O. The molecule has 4 heteroatoms. The topological polar surface area (TPSA) is 53.2 Å². The number of hydrogen-bond donors (Lipinski definition) is 3. The first kappa shape index (κ1) is 11.5. The van der Waals surface area contributed by atoms with Crippen LogP contribution in [0.1, 0.15) is 27.2 Å². The van der Waals surface area contributed by atoms with Crippen molar-refractivity contribution in [3.05, 3.63) is 0 Å². The Balaban J connectivity index is 2.02. The van der Waals surface area contributed by atoms with Gasteiger partial charge in [0.1, 0.15) is 0 Å². The SMILES string of the molecule is CC(C)(C)NC(=O)CCNC1CNC1. The van der Waals surface area contributed by atoms with Crippen molar-refractivity contribution < 1.29 is 4.79 Å². The van der Waals surface area contributed by atoms with E-state index >= 15 is 0 Å². The van der Waals surface area contributed by atoms with Crippen molar-refractivity contribution in [1.82, 2.24) is 16.0 Å². The first-order chi connectivity index (χ1) is 6.47. The second-order valence-corrected chi connectivity index (χ2v) is 4.86. The molecule has 0 bridgehead atoms. The molecule has 3 N–H and O–H groups in total. The molecule has 0 radical (unpaired) electrons. The molecule has 1 rings (SSSR count). The second kappa shape index (κ2) is 4.75. The fourth-order valence-electron chi connectivity index (χ4n) is 1.30. The lowest BCUT2D eigenvalue weighted by Gasteiger charge is -2.28. The fourth-order valence-corrected chi connectivity index (χ4v) is 1.30. The van der Waals surface area contributed by atoms with Crippen molar-refractivity contribution in [3.8, 4) is 0 Å². The maximum Gasteiger partial charge on any atom is 0.221 e. The van der Waals surface area contributed by atoms with Crippen molar-refractivity contribution in [2.45, 2.75) is 38.8 Å². The van der Waals surface area contributed by atoms with Gasteiger partial charge in [-0.05, 0) is 20.8 Å². The predicted octanol–water partition coefficient (Wildman–Crippen LogP) is -0.147. The van der Waals surface area contributed by atoms with Crippen molar-refractivity contribution in [2.75, 3.05) is 19.6 Å². The Bertz CT molecular complexity index is 194. The molecule has 1 saturated heterocycles. The lowest BCUT2D eigenvalue weighted by Crippen LogP contribution is -2.55. The van der Waals surface area contributed by atoms with E-state index in [-0.39, 0.29) is 11.4 Å². The first-order valence-corrected chi connectivity index (χ1v) is 5.22. The summed E-state index contributed by atoms with van der Waals surface area (Å²) < 4.78 is 0. The zero-order valence-corrected chi connectivity index (χ0v) is 9.31. The highest BCUT2D eigenvalue weighted by Gasteiger charge is 2.17. The quantitative estimate of drug-likeness (QED) is 0.590. The minimum atomic E-state index is -0.116. The van der Waals surface area contributed by atoms with Gasteiger partial charge in [0.05, 0.1) is 0 Å². The van der Waals surface area contributed by atoms with Crippen LogP contribution in [0.3, 0.4) is 0 Å².